The second-order valence-corrected chi connectivity index (χ2v) is 3.87. The van der Waals surface area contributed by atoms with Crippen molar-refractivity contribution in [1.29, 1.82) is 0 Å². The minimum absolute atomic E-state index is 0.262. The number of rotatable bonds is 4. The van der Waals surface area contributed by atoms with Crippen molar-refractivity contribution in [1.82, 2.24) is 5.32 Å². The van der Waals surface area contributed by atoms with Crippen LogP contribution in [0.5, 0.6) is 0 Å². The van der Waals surface area contributed by atoms with E-state index in [9.17, 15) is 4.79 Å². The molecule has 0 bridgehead atoms. The maximum atomic E-state index is 10.8. The topological polar surface area (TPSA) is 61.4 Å². The van der Waals surface area contributed by atoms with Crippen LogP contribution in [0.1, 0.15) is 15.9 Å². The van der Waals surface area contributed by atoms with Gasteiger partial charge >= 0.3 is 5.97 Å². The molecule has 0 saturated carbocycles. The number of anilines is 1. The molecule has 0 radical (unpaired) electrons. The molecule has 0 amide bonds. The third kappa shape index (κ3) is 3.88. The summed E-state index contributed by atoms with van der Waals surface area (Å²) in [6.45, 7) is 5.98. The molecule has 4 nitrogen and oxygen atoms in total. The quantitative estimate of drug-likeness (QED) is 0.564. The minimum Gasteiger partial charge on any atom is -0.478 e. The van der Waals surface area contributed by atoms with E-state index >= 15 is 0 Å². The van der Waals surface area contributed by atoms with E-state index in [1.165, 1.54) is 6.07 Å². The summed E-state index contributed by atoms with van der Waals surface area (Å²) in [5, 5.41) is 15.2. The Morgan fingerprint density at radius 3 is 2.82 bits per heavy atom. The van der Waals surface area contributed by atoms with Crippen molar-refractivity contribution in [2.24, 2.45) is 0 Å². The van der Waals surface area contributed by atoms with Crippen LogP contribution in [0, 0.1) is 6.92 Å². The number of carboxylic acid groups (broad SMARTS) is 1. The maximum absolute atomic E-state index is 10.8. The first kappa shape index (κ1) is 13.2. The van der Waals surface area contributed by atoms with Gasteiger partial charge < -0.3 is 15.7 Å². The van der Waals surface area contributed by atoms with Gasteiger partial charge in [-0.2, -0.15) is 0 Å². The lowest BCUT2D eigenvalue weighted by Gasteiger charge is -2.11. The molecule has 1 rings (SSSR count). The van der Waals surface area contributed by atoms with E-state index in [0.29, 0.717) is 11.7 Å². The molecule has 0 saturated heterocycles. The van der Waals surface area contributed by atoms with Crippen LogP contribution in [-0.4, -0.2) is 22.7 Å². The fourth-order valence-corrected chi connectivity index (χ4v) is 1.46. The minimum atomic E-state index is -0.938. The van der Waals surface area contributed by atoms with Gasteiger partial charge in [0.1, 0.15) is 0 Å². The van der Waals surface area contributed by atoms with E-state index in [2.05, 4.69) is 17.2 Å². The molecule has 0 aliphatic heterocycles. The van der Waals surface area contributed by atoms with Gasteiger partial charge in [0.25, 0.3) is 0 Å². The van der Waals surface area contributed by atoms with E-state index in [-0.39, 0.29) is 5.56 Å². The molecule has 1 aromatic rings. The normalized spacial score (nSPS) is 9.47. The number of nitrogens with one attached hydrogen (secondary N) is 2. The van der Waals surface area contributed by atoms with Crippen molar-refractivity contribution in [2.75, 3.05) is 11.9 Å². The molecule has 0 aliphatic rings. The second-order valence-electron chi connectivity index (χ2n) is 3.46. The van der Waals surface area contributed by atoms with Crippen molar-refractivity contribution < 1.29 is 9.90 Å². The number of hydrogen-bond acceptors (Lipinski definition) is 2. The summed E-state index contributed by atoms with van der Waals surface area (Å²) in [7, 11) is 0. The fraction of sp³-hybridized carbons (Fsp3) is 0.167. The van der Waals surface area contributed by atoms with Crippen molar-refractivity contribution in [3.05, 3.63) is 42.0 Å². The van der Waals surface area contributed by atoms with Gasteiger partial charge in [-0.3, -0.25) is 0 Å². The Labute approximate surface area is 105 Å². The van der Waals surface area contributed by atoms with Crippen LogP contribution in [0.4, 0.5) is 5.69 Å². The molecule has 0 heterocycles. The first-order valence-corrected chi connectivity index (χ1v) is 5.45. The summed E-state index contributed by atoms with van der Waals surface area (Å²) < 4.78 is 0. The SMILES string of the molecule is C=CCNC(=S)Nc1ccc(C(=O)O)cc1C. The molecule has 3 N–H and O–H groups in total. The molecule has 5 heteroatoms. The summed E-state index contributed by atoms with van der Waals surface area (Å²) >= 11 is 5.06. The van der Waals surface area contributed by atoms with Crippen molar-refractivity contribution in [2.45, 2.75) is 6.92 Å². The third-order valence-electron chi connectivity index (χ3n) is 2.13. The Bertz CT molecular complexity index is 458. The first-order chi connectivity index (χ1) is 8.04. The highest BCUT2D eigenvalue weighted by Gasteiger charge is 2.06. The van der Waals surface area contributed by atoms with E-state index in [1.54, 1.807) is 18.2 Å². The Morgan fingerprint density at radius 1 is 1.59 bits per heavy atom. The third-order valence-corrected chi connectivity index (χ3v) is 2.37. The standard InChI is InChI=1S/C12H14N2O2S/c1-3-6-13-12(17)14-10-5-4-9(11(15)16)7-8(10)2/h3-5,7H,1,6H2,2H3,(H,15,16)(H2,13,14,17). The van der Waals surface area contributed by atoms with E-state index < -0.39 is 5.97 Å². The number of aryl methyl sites for hydroxylation is 1. The van der Waals surface area contributed by atoms with Gasteiger partial charge in [0.2, 0.25) is 0 Å². The Balaban J connectivity index is 2.75. The van der Waals surface area contributed by atoms with Crippen LogP contribution in [-0.2, 0) is 0 Å². The van der Waals surface area contributed by atoms with Crippen molar-refractivity contribution in [3.63, 3.8) is 0 Å². The second kappa shape index (κ2) is 6.00. The predicted molar refractivity (Wildman–Crippen MR) is 72.6 cm³/mol. The molecule has 0 fully saturated rings. The summed E-state index contributed by atoms with van der Waals surface area (Å²) in [5.41, 5.74) is 1.88. The van der Waals surface area contributed by atoms with Gasteiger partial charge in [-0.1, -0.05) is 6.08 Å². The van der Waals surface area contributed by atoms with Crippen LogP contribution < -0.4 is 10.6 Å². The summed E-state index contributed by atoms with van der Waals surface area (Å²) in [4.78, 5) is 10.8. The van der Waals surface area contributed by atoms with Gasteiger partial charge in [0.05, 0.1) is 5.56 Å². The van der Waals surface area contributed by atoms with Gasteiger partial charge in [-0.05, 0) is 42.9 Å². The van der Waals surface area contributed by atoms with Crippen LogP contribution in [0.2, 0.25) is 0 Å². The number of thiocarbonyl (C=S) groups is 1. The van der Waals surface area contributed by atoms with E-state index in [1.807, 2.05) is 6.92 Å². The van der Waals surface area contributed by atoms with Gasteiger partial charge in [-0.25, -0.2) is 4.79 Å². The molecule has 17 heavy (non-hydrogen) atoms. The molecule has 90 valence electrons. The lowest BCUT2D eigenvalue weighted by Crippen LogP contribution is -2.28. The number of carboxylic acids is 1. The predicted octanol–water partition coefficient (Wildman–Crippen LogP) is 2.17. The van der Waals surface area contributed by atoms with Crippen LogP contribution in [0.15, 0.2) is 30.9 Å². The average Bonchev–Trinajstić information content (AvgIpc) is 2.28. The molecule has 0 atom stereocenters. The Morgan fingerprint density at radius 2 is 2.29 bits per heavy atom. The van der Waals surface area contributed by atoms with E-state index in [4.69, 9.17) is 17.3 Å². The van der Waals surface area contributed by atoms with Crippen molar-refractivity contribution in [3.8, 4) is 0 Å². The zero-order valence-corrected chi connectivity index (χ0v) is 10.3. The maximum Gasteiger partial charge on any atom is 0.335 e. The van der Waals surface area contributed by atoms with Crippen LogP contribution >= 0.6 is 12.2 Å². The Kier molecular flexibility index (Phi) is 4.66. The highest BCUT2D eigenvalue weighted by molar-refractivity contribution is 7.80. The smallest absolute Gasteiger partial charge is 0.335 e. The zero-order valence-electron chi connectivity index (χ0n) is 9.49. The number of aromatic carboxylic acids is 1. The summed E-state index contributed by atoms with van der Waals surface area (Å²) in [5.74, 6) is -0.938. The van der Waals surface area contributed by atoms with Crippen LogP contribution in [0.25, 0.3) is 0 Å². The Hall–Kier alpha value is -1.88. The van der Waals surface area contributed by atoms with Crippen molar-refractivity contribution >= 4 is 29.0 Å². The van der Waals surface area contributed by atoms with E-state index in [0.717, 1.165) is 11.3 Å². The monoisotopic (exact) mass is 250 g/mol. The van der Waals surface area contributed by atoms with Crippen LogP contribution in [0.3, 0.4) is 0 Å². The zero-order chi connectivity index (χ0) is 12.8. The number of carbonyl (C=O) groups is 1. The fourth-order valence-electron chi connectivity index (χ4n) is 1.27. The summed E-state index contributed by atoms with van der Waals surface area (Å²) in [6, 6.07) is 4.83. The number of benzene rings is 1. The highest BCUT2D eigenvalue weighted by Crippen LogP contribution is 2.16. The molecule has 0 spiro atoms. The number of hydrogen-bond donors (Lipinski definition) is 3. The lowest BCUT2D eigenvalue weighted by molar-refractivity contribution is 0.0697. The average molecular weight is 250 g/mol. The van der Waals surface area contributed by atoms with Gasteiger partial charge in [0, 0.05) is 12.2 Å². The molecule has 0 unspecified atom stereocenters. The van der Waals surface area contributed by atoms with Gasteiger partial charge in [-0.15, -0.1) is 6.58 Å². The first-order valence-electron chi connectivity index (χ1n) is 5.04. The molecular formula is C12H14N2O2S. The lowest BCUT2D eigenvalue weighted by atomic mass is 10.1. The highest BCUT2D eigenvalue weighted by atomic mass is 32.1. The summed E-state index contributed by atoms with van der Waals surface area (Å²) in [6.07, 6.45) is 1.70. The molecule has 1 aromatic carbocycles. The molecular weight excluding hydrogens is 236 g/mol. The molecule has 0 aromatic heterocycles. The molecule has 0 aliphatic carbocycles. The largest absolute Gasteiger partial charge is 0.478 e. The van der Waals surface area contributed by atoms with Gasteiger partial charge in [0.15, 0.2) is 5.11 Å².